The predicted octanol–water partition coefficient (Wildman–Crippen LogP) is 2.39. The molecule has 34 heavy (non-hydrogen) atoms. The first-order chi connectivity index (χ1) is 15.9. The minimum absolute atomic E-state index is 0.00138. The molecule has 1 atom stereocenters. The molecule has 0 fully saturated rings. The van der Waals surface area contributed by atoms with E-state index in [1.54, 1.807) is 18.0 Å². The number of esters is 1. The van der Waals surface area contributed by atoms with Crippen LogP contribution in [0.2, 0.25) is 0 Å². The standard InChI is InChI=1S/C19H22F2N4O3.C2HF3O/c1-2-28-19(27)16-10-24-5-6-25(11-17(24)23-16)18(26)9-14(22)8-12-7-13(20)3-4-15(12)21;3-2(4,5)1-6/h3-4,7,10,14H,2,5-6,8-9,11,22H2,1H3;1H/t14-;/m1./s1. The first-order valence-corrected chi connectivity index (χ1v) is 10.2. The molecule has 0 spiro atoms. The molecule has 2 heterocycles. The molecule has 2 aromatic rings. The van der Waals surface area contributed by atoms with Gasteiger partial charge in [0.15, 0.2) is 5.69 Å². The Morgan fingerprint density at radius 1 is 1.26 bits per heavy atom. The normalized spacial score (nSPS) is 13.9. The van der Waals surface area contributed by atoms with Gasteiger partial charge in [0.25, 0.3) is 0 Å². The summed E-state index contributed by atoms with van der Waals surface area (Å²) in [5.74, 6) is -1.20. The predicted molar refractivity (Wildman–Crippen MR) is 108 cm³/mol. The van der Waals surface area contributed by atoms with E-state index in [1.165, 1.54) is 0 Å². The van der Waals surface area contributed by atoms with Crippen LogP contribution in [0.3, 0.4) is 0 Å². The van der Waals surface area contributed by atoms with Gasteiger partial charge in [-0.3, -0.25) is 9.59 Å². The van der Waals surface area contributed by atoms with Gasteiger partial charge in [-0.05, 0) is 37.1 Å². The molecule has 0 unspecified atom stereocenters. The summed E-state index contributed by atoms with van der Waals surface area (Å²) >= 11 is 0. The Hall–Kier alpha value is -3.35. The highest BCUT2D eigenvalue weighted by molar-refractivity contribution is 5.87. The van der Waals surface area contributed by atoms with Crippen molar-refractivity contribution in [2.75, 3.05) is 13.2 Å². The fraction of sp³-hybridized carbons (Fsp3) is 0.429. The van der Waals surface area contributed by atoms with E-state index in [1.807, 2.05) is 4.57 Å². The van der Waals surface area contributed by atoms with Gasteiger partial charge in [0.1, 0.15) is 17.5 Å². The molecule has 1 aliphatic heterocycles. The number of imidazole rings is 1. The third-order valence-corrected chi connectivity index (χ3v) is 4.70. The monoisotopic (exact) mass is 490 g/mol. The number of amides is 1. The van der Waals surface area contributed by atoms with E-state index < -0.39 is 36.1 Å². The molecule has 0 saturated carbocycles. The molecule has 0 aliphatic carbocycles. The zero-order valence-electron chi connectivity index (χ0n) is 18.1. The van der Waals surface area contributed by atoms with Crippen LogP contribution < -0.4 is 5.73 Å². The second-order valence-electron chi connectivity index (χ2n) is 7.34. The van der Waals surface area contributed by atoms with Crippen molar-refractivity contribution < 1.29 is 41.1 Å². The number of carbonyl (C=O) groups is 3. The topological polar surface area (TPSA) is 108 Å². The second kappa shape index (κ2) is 11.7. The van der Waals surface area contributed by atoms with Gasteiger partial charge in [-0.15, -0.1) is 0 Å². The minimum Gasteiger partial charge on any atom is -0.461 e. The average molecular weight is 490 g/mol. The molecule has 1 amide bonds. The molecule has 0 saturated heterocycles. The zero-order chi connectivity index (χ0) is 25.5. The van der Waals surface area contributed by atoms with Gasteiger partial charge in [-0.2, -0.15) is 13.2 Å². The maximum Gasteiger partial charge on any atom is 0.446 e. The van der Waals surface area contributed by atoms with Crippen molar-refractivity contribution in [1.29, 1.82) is 0 Å². The van der Waals surface area contributed by atoms with E-state index >= 15 is 0 Å². The van der Waals surface area contributed by atoms with Crippen LogP contribution in [0.4, 0.5) is 22.0 Å². The van der Waals surface area contributed by atoms with Crippen LogP contribution >= 0.6 is 0 Å². The summed E-state index contributed by atoms with van der Waals surface area (Å²) in [7, 11) is 0. The lowest BCUT2D eigenvalue weighted by molar-refractivity contribution is -0.156. The van der Waals surface area contributed by atoms with E-state index in [0.717, 1.165) is 18.2 Å². The minimum atomic E-state index is -4.64. The first kappa shape index (κ1) is 26.9. The van der Waals surface area contributed by atoms with Gasteiger partial charge in [0.2, 0.25) is 12.2 Å². The van der Waals surface area contributed by atoms with Gasteiger partial charge in [-0.25, -0.2) is 18.6 Å². The average Bonchev–Trinajstić information content (AvgIpc) is 3.20. The Labute approximate surface area is 191 Å². The lowest BCUT2D eigenvalue weighted by atomic mass is 10.0. The molecule has 1 aromatic carbocycles. The Balaban J connectivity index is 0.000000604. The van der Waals surface area contributed by atoms with E-state index in [-0.39, 0.29) is 43.2 Å². The smallest absolute Gasteiger partial charge is 0.446 e. The van der Waals surface area contributed by atoms with Crippen molar-refractivity contribution >= 4 is 18.2 Å². The number of benzene rings is 1. The lowest BCUT2D eigenvalue weighted by Crippen LogP contribution is -2.41. The van der Waals surface area contributed by atoms with Crippen molar-refractivity contribution in [1.82, 2.24) is 14.5 Å². The summed E-state index contributed by atoms with van der Waals surface area (Å²) in [4.78, 5) is 38.9. The summed E-state index contributed by atoms with van der Waals surface area (Å²) in [6.45, 7) is 3.18. The molecular weight excluding hydrogens is 467 g/mol. The maximum atomic E-state index is 13.7. The summed E-state index contributed by atoms with van der Waals surface area (Å²) in [5, 5.41) is 0. The Bertz CT molecular complexity index is 1030. The molecule has 8 nitrogen and oxygen atoms in total. The number of ether oxygens (including phenoxy) is 1. The molecule has 186 valence electrons. The van der Waals surface area contributed by atoms with Crippen LogP contribution in [0.5, 0.6) is 0 Å². The highest BCUT2D eigenvalue weighted by Crippen LogP contribution is 2.17. The number of rotatable bonds is 6. The van der Waals surface area contributed by atoms with Crippen molar-refractivity contribution in [3.05, 3.63) is 53.1 Å². The number of hydrogen-bond donors (Lipinski definition) is 1. The van der Waals surface area contributed by atoms with Crippen molar-refractivity contribution in [3.8, 4) is 0 Å². The summed E-state index contributed by atoms with van der Waals surface area (Å²) in [6, 6.07) is 2.54. The van der Waals surface area contributed by atoms with Gasteiger partial charge in [-0.1, -0.05) is 0 Å². The van der Waals surface area contributed by atoms with Crippen LogP contribution in [-0.2, 0) is 33.8 Å². The maximum absolute atomic E-state index is 13.7. The van der Waals surface area contributed by atoms with Crippen LogP contribution in [0, 0.1) is 11.6 Å². The number of aromatic nitrogens is 2. The fourth-order valence-electron chi connectivity index (χ4n) is 3.18. The lowest BCUT2D eigenvalue weighted by Gasteiger charge is -2.28. The molecule has 3 rings (SSSR count). The van der Waals surface area contributed by atoms with Crippen LogP contribution in [0.25, 0.3) is 0 Å². The Morgan fingerprint density at radius 2 is 1.94 bits per heavy atom. The van der Waals surface area contributed by atoms with E-state index in [0.29, 0.717) is 18.9 Å². The van der Waals surface area contributed by atoms with Crippen molar-refractivity contribution in [2.24, 2.45) is 5.73 Å². The van der Waals surface area contributed by atoms with Gasteiger partial charge >= 0.3 is 12.1 Å². The van der Waals surface area contributed by atoms with Gasteiger partial charge in [0.05, 0.1) is 13.2 Å². The van der Waals surface area contributed by atoms with Crippen molar-refractivity contribution in [3.63, 3.8) is 0 Å². The number of fused-ring (bicyclic) bond motifs is 1. The first-order valence-electron chi connectivity index (χ1n) is 10.2. The van der Waals surface area contributed by atoms with Gasteiger partial charge in [0, 0.05) is 31.7 Å². The van der Waals surface area contributed by atoms with E-state index in [4.69, 9.17) is 15.3 Å². The van der Waals surface area contributed by atoms with Gasteiger partial charge < -0.3 is 19.9 Å². The van der Waals surface area contributed by atoms with Crippen LogP contribution in [0.15, 0.2) is 24.4 Å². The highest BCUT2D eigenvalue weighted by Gasteiger charge is 2.26. The molecule has 1 aliphatic rings. The SMILES string of the molecule is CCOC(=O)c1cn2c(n1)CN(C(=O)C[C@H](N)Cc1cc(F)ccc1F)CC2.O=CC(F)(F)F. The Morgan fingerprint density at radius 3 is 2.56 bits per heavy atom. The molecular formula is C21H23F5N4O4. The third kappa shape index (κ3) is 7.90. The van der Waals surface area contributed by atoms with Crippen LogP contribution in [-0.4, -0.2) is 58.0 Å². The number of nitrogens with two attached hydrogens (primary N) is 1. The summed E-state index contributed by atoms with van der Waals surface area (Å²) < 4.78 is 65.0. The number of halogens is 5. The quantitative estimate of drug-likeness (QED) is 0.379. The number of aldehydes is 1. The van der Waals surface area contributed by atoms with Crippen LogP contribution in [0.1, 0.15) is 35.2 Å². The summed E-state index contributed by atoms with van der Waals surface area (Å²) in [5.41, 5.74) is 6.34. The number of carbonyl (C=O) groups excluding carboxylic acids is 3. The van der Waals surface area contributed by atoms with E-state index in [9.17, 15) is 31.5 Å². The molecule has 0 radical (unpaired) electrons. The fourth-order valence-corrected chi connectivity index (χ4v) is 3.18. The zero-order valence-corrected chi connectivity index (χ0v) is 18.1. The van der Waals surface area contributed by atoms with E-state index in [2.05, 4.69) is 4.98 Å². The number of hydrogen-bond acceptors (Lipinski definition) is 6. The Kier molecular flexibility index (Phi) is 9.24. The molecule has 2 N–H and O–H groups in total. The van der Waals surface area contributed by atoms with Crippen molar-refractivity contribution in [2.45, 2.75) is 45.1 Å². The number of alkyl halides is 3. The molecule has 0 bridgehead atoms. The largest absolute Gasteiger partial charge is 0.461 e. The molecule has 13 heteroatoms. The third-order valence-electron chi connectivity index (χ3n) is 4.70. The summed E-state index contributed by atoms with van der Waals surface area (Å²) in [6.07, 6.45) is -4.02. The number of nitrogens with zero attached hydrogens (tertiary/aromatic N) is 3. The second-order valence-corrected chi connectivity index (χ2v) is 7.34. The highest BCUT2D eigenvalue weighted by atomic mass is 19.4. The molecule has 1 aromatic heterocycles.